The van der Waals surface area contributed by atoms with Crippen LogP contribution in [-0.2, 0) is 17.0 Å². The SMILES string of the molecule is COC[C@H](C)n1c(SCc2ccc(C(=O)NCc3ccc(F)cc3)cc2)nnc1-c1ccncc1. The zero-order chi connectivity index (χ0) is 24.6. The first-order chi connectivity index (χ1) is 17.0. The minimum absolute atomic E-state index is 0.0489. The van der Waals surface area contributed by atoms with Crippen LogP contribution in [0.4, 0.5) is 4.39 Å². The van der Waals surface area contributed by atoms with Crippen molar-refractivity contribution in [3.05, 3.63) is 95.6 Å². The number of hydrogen-bond acceptors (Lipinski definition) is 6. The molecule has 7 nitrogen and oxygen atoms in total. The lowest BCUT2D eigenvalue weighted by atomic mass is 10.1. The molecular formula is C26H26FN5O2S. The number of ether oxygens (including phenoxy) is 1. The number of rotatable bonds is 10. The number of amides is 1. The zero-order valence-electron chi connectivity index (χ0n) is 19.5. The molecule has 2 heterocycles. The van der Waals surface area contributed by atoms with Gasteiger partial charge in [0.15, 0.2) is 11.0 Å². The maximum atomic E-state index is 13.0. The second-order valence-corrected chi connectivity index (χ2v) is 8.95. The second-order valence-electron chi connectivity index (χ2n) is 8.01. The van der Waals surface area contributed by atoms with E-state index in [0.29, 0.717) is 24.5 Å². The van der Waals surface area contributed by atoms with Gasteiger partial charge in [0, 0.05) is 42.9 Å². The van der Waals surface area contributed by atoms with Crippen LogP contribution in [0.1, 0.15) is 34.5 Å². The molecule has 0 aliphatic carbocycles. The first-order valence-electron chi connectivity index (χ1n) is 11.1. The van der Waals surface area contributed by atoms with E-state index in [1.807, 2.05) is 24.3 Å². The summed E-state index contributed by atoms with van der Waals surface area (Å²) in [6.07, 6.45) is 3.47. The van der Waals surface area contributed by atoms with E-state index in [1.54, 1.807) is 55.5 Å². The molecule has 0 aliphatic rings. The molecule has 4 rings (SSSR count). The van der Waals surface area contributed by atoms with Crippen LogP contribution < -0.4 is 5.32 Å². The fourth-order valence-electron chi connectivity index (χ4n) is 3.57. The molecule has 1 atom stereocenters. The number of methoxy groups -OCH3 is 1. The molecule has 0 radical (unpaired) electrons. The van der Waals surface area contributed by atoms with Crippen LogP contribution in [0, 0.1) is 5.82 Å². The highest BCUT2D eigenvalue weighted by molar-refractivity contribution is 7.98. The van der Waals surface area contributed by atoms with E-state index in [4.69, 9.17) is 4.74 Å². The molecule has 9 heteroatoms. The number of carbonyl (C=O) groups is 1. The monoisotopic (exact) mass is 491 g/mol. The van der Waals surface area contributed by atoms with E-state index in [0.717, 1.165) is 27.7 Å². The van der Waals surface area contributed by atoms with Crippen molar-refractivity contribution in [2.75, 3.05) is 13.7 Å². The Hall–Kier alpha value is -3.56. The van der Waals surface area contributed by atoms with Gasteiger partial charge < -0.3 is 10.1 Å². The summed E-state index contributed by atoms with van der Waals surface area (Å²) in [7, 11) is 1.68. The number of carbonyl (C=O) groups excluding carboxylic acids is 1. The van der Waals surface area contributed by atoms with E-state index in [9.17, 15) is 9.18 Å². The van der Waals surface area contributed by atoms with Crippen LogP contribution in [0.25, 0.3) is 11.4 Å². The molecule has 0 fully saturated rings. The molecule has 0 bridgehead atoms. The van der Waals surface area contributed by atoms with Gasteiger partial charge in [-0.05, 0) is 54.4 Å². The standard InChI is InChI=1S/C26H26FN5O2S/c1-18(16-34-2)32-24(21-11-13-28-14-12-21)30-31-26(32)35-17-20-3-7-22(8-4-20)25(33)29-15-19-5-9-23(27)10-6-19/h3-14,18H,15-17H2,1-2H3,(H,29,33)/t18-/m0/s1. The molecule has 0 saturated heterocycles. The lowest BCUT2D eigenvalue weighted by molar-refractivity contribution is 0.0951. The molecule has 0 aliphatic heterocycles. The Bertz CT molecular complexity index is 1250. The second kappa shape index (κ2) is 11.7. The summed E-state index contributed by atoms with van der Waals surface area (Å²) in [6, 6.07) is 17.4. The van der Waals surface area contributed by atoms with Gasteiger partial charge >= 0.3 is 0 Å². The fourth-order valence-corrected chi connectivity index (χ4v) is 4.57. The Morgan fingerprint density at radius 2 is 1.71 bits per heavy atom. The molecule has 0 spiro atoms. The zero-order valence-corrected chi connectivity index (χ0v) is 20.3. The minimum Gasteiger partial charge on any atom is -0.383 e. The number of nitrogens with one attached hydrogen (secondary N) is 1. The molecule has 35 heavy (non-hydrogen) atoms. The quantitative estimate of drug-likeness (QED) is 0.318. The van der Waals surface area contributed by atoms with Crippen LogP contribution in [0.15, 0.2) is 78.2 Å². The topological polar surface area (TPSA) is 81.9 Å². The average Bonchev–Trinajstić information content (AvgIpc) is 3.32. The lowest BCUT2D eigenvalue weighted by Crippen LogP contribution is -2.22. The van der Waals surface area contributed by atoms with E-state index >= 15 is 0 Å². The van der Waals surface area contributed by atoms with Gasteiger partial charge in [0.25, 0.3) is 5.91 Å². The summed E-state index contributed by atoms with van der Waals surface area (Å²) in [5.74, 6) is 0.968. The summed E-state index contributed by atoms with van der Waals surface area (Å²) >= 11 is 1.58. The molecule has 180 valence electrons. The summed E-state index contributed by atoms with van der Waals surface area (Å²) in [4.78, 5) is 16.6. The maximum Gasteiger partial charge on any atom is 0.251 e. The molecule has 1 amide bonds. The van der Waals surface area contributed by atoms with Gasteiger partial charge in [0.2, 0.25) is 0 Å². The molecule has 4 aromatic rings. The highest BCUT2D eigenvalue weighted by atomic mass is 32.2. The number of pyridine rings is 1. The van der Waals surface area contributed by atoms with Crippen molar-refractivity contribution in [3.8, 4) is 11.4 Å². The number of aromatic nitrogens is 4. The third-order valence-electron chi connectivity index (χ3n) is 5.40. The van der Waals surface area contributed by atoms with E-state index < -0.39 is 0 Å². The molecule has 0 saturated carbocycles. The predicted molar refractivity (Wildman–Crippen MR) is 133 cm³/mol. The average molecular weight is 492 g/mol. The molecule has 2 aromatic carbocycles. The van der Waals surface area contributed by atoms with Crippen LogP contribution in [0.5, 0.6) is 0 Å². The molecular weight excluding hydrogens is 465 g/mol. The van der Waals surface area contributed by atoms with Crippen LogP contribution in [-0.4, -0.2) is 39.4 Å². The van der Waals surface area contributed by atoms with E-state index in [1.165, 1.54) is 12.1 Å². The van der Waals surface area contributed by atoms with Gasteiger partial charge in [-0.3, -0.25) is 14.3 Å². The Morgan fingerprint density at radius 1 is 1.03 bits per heavy atom. The number of thioether (sulfide) groups is 1. The summed E-state index contributed by atoms with van der Waals surface area (Å²) in [5, 5.41) is 12.5. The number of nitrogens with zero attached hydrogens (tertiary/aromatic N) is 4. The molecule has 1 N–H and O–H groups in total. The normalized spacial score (nSPS) is 11.9. The number of hydrogen-bond donors (Lipinski definition) is 1. The van der Waals surface area contributed by atoms with E-state index in [2.05, 4.69) is 32.0 Å². The summed E-state index contributed by atoms with van der Waals surface area (Å²) in [6.45, 7) is 2.94. The van der Waals surface area contributed by atoms with Gasteiger partial charge in [0.1, 0.15) is 5.82 Å². The van der Waals surface area contributed by atoms with Crippen molar-refractivity contribution in [1.29, 1.82) is 0 Å². The third kappa shape index (κ3) is 6.32. The van der Waals surface area contributed by atoms with Crippen molar-refractivity contribution < 1.29 is 13.9 Å². The Kier molecular flexibility index (Phi) is 8.23. The van der Waals surface area contributed by atoms with Crippen molar-refractivity contribution in [3.63, 3.8) is 0 Å². The predicted octanol–water partition coefficient (Wildman–Crippen LogP) is 4.91. The van der Waals surface area contributed by atoms with Crippen molar-refractivity contribution in [2.45, 2.75) is 30.4 Å². The van der Waals surface area contributed by atoms with Crippen LogP contribution >= 0.6 is 11.8 Å². The molecule has 0 unspecified atom stereocenters. The minimum atomic E-state index is -0.298. The van der Waals surface area contributed by atoms with Crippen molar-refractivity contribution in [1.82, 2.24) is 25.1 Å². The summed E-state index contributed by atoms with van der Waals surface area (Å²) < 4.78 is 20.5. The number of benzene rings is 2. The highest BCUT2D eigenvalue weighted by Crippen LogP contribution is 2.29. The fraction of sp³-hybridized carbons (Fsp3) is 0.231. The molecule has 2 aromatic heterocycles. The van der Waals surface area contributed by atoms with Gasteiger partial charge in [-0.15, -0.1) is 10.2 Å². The Labute approximate surface area is 207 Å². The highest BCUT2D eigenvalue weighted by Gasteiger charge is 2.19. The Morgan fingerprint density at radius 3 is 2.40 bits per heavy atom. The summed E-state index contributed by atoms with van der Waals surface area (Å²) in [5.41, 5.74) is 3.41. The number of halogens is 1. The van der Waals surface area contributed by atoms with Gasteiger partial charge in [-0.2, -0.15) is 0 Å². The first-order valence-corrected chi connectivity index (χ1v) is 12.1. The van der Waals surface area contributed by atoms with E-state index in [-0.39, 0.29) is 17.8 Å². The van der Waals surface area contributed by atoms with Gasteiger partial charge in [-0.1, -0.05) is 36.0 Å². The Balaban J connectivity index is 1.41. The van der Waals surface area contributed by atoms with Crippen LogP contribution in [0.2, 0.25) is 0 Å². The smallest absolute Gasteiger partial charge is 0.251 e. The lowest BCUT2D eigenvalue weighted by Gasteiger charge is -2.17. The van der Waals surface area contributed by atoms with Gasteiger partial charge in [0.05, 0.1) is 12.6 Å². The maximum absolute atomic E-state index is 13.0. The van der Waals surface area contributed by atoms with Crippen LogP contribution in [0.3, 0.4) is 0 Å². The van der Waals surface area contributed by atoms with Crippen molar-refractivity contribution in [2.24, 2.45) is 0 Å². The largest absolute Gasteiger partial charge is 0.383 e. The third-order valence-corrected chi connectivity index (χ3v) is 6.42. The van der Waals surface area contributed by atoms with Crippen molar-refractivity contribution >= 4 is 17.7 Å². The first kappa shape index (κ1) is 24.6. The van der Waals surface area contributed by atoms with Gasteiger partial charge in [-0.25, -0.2) is 4.39 Å².